The summed E-state index contributed by atoms with van der Waals surface area (Å²) in [6.45, 7) is 9.43. The molecule has 0 aromatic heterocycles. The molecule has 0 bridgehead atoms. The maximum absolute atomic E-state index is 2.44. The van der Waals surface area contributed by atoms with E-state index >= 15 is 0 Å². The highest BCUT2D eigenvalue weighted by atomic mass is 14.4. The Morgan fingerprint density at radius 3 is 2.47 bits per heavy atom. The molecule has 0 radical (unpaired) electrons. The van der Waals surface area contributed by atoms with Gasteiger partial charge < -0.3 is 0 Å². The average Bonchev–Trinajstić information content (AvgIpc) is 2.17. The van der Waals surface area contributed by atoms with Gasteiger partial charge in [0.1, 0.15) is 0 Å². The van der Waals surface area contributed by atoms with Crippen LogP contribution in [0.1, 0.15) is 66.2 Å². The van der Waals surface area contributed by atoms with Crippen molar-refractivity contribution in [3.05, 3.63) is 22.3 Å². The monoisotopic (exact) mass is 204 g/mol. The van der Waals surface area contributed by atoms with Crippen LogP contribution in [0.15, 0.2) is 22.3 Å². The summed E-state index contributed by atoms with van der Waals surface area (Å²) in [4.78, 5) is 0. The fourth-order valence-electron chi connectivity index (χ4n) is 3.19. The van der Waals surface area contributed by atoms with Crippen LogP contribution in [0.25, 0.3) is 0 Å². The molecule has 2 aliphatic rings. The van der Waals surface area contributed by atoms with Gasteiger partial charge in [0.15, 0.2) is 0 Å². The van der Waals surface area contributed by atoms with Crippen LogP contribution in [-0.4, -0.2) is 0 Å². The van der Waals surface area contributed by atoms with Crippen LogP contribution < -0.4 is 0 Å². The van der Waals surface area contributed by atoms with E-state index in [1.165, 1.54) is 38.5 Å². The zero-order valence-electron chi connectivity index (χ0n) is 10.7. The molecule has 2 aliphatic carbocycles. The molecular weight excluding hydrogens is 180 g/mol. The number of rotatable bonds is 0. The molecule has 0 amide bonds. The topological polar surface area (TPSA) is 0 Å². The van der Waals surface area contributed by atoms with Crippen molar-refractivity contribution in [2.45, 2.75) is 66.2 Å². The molecule has 0 unspecified atom stereocenters. The molecular formula is C15H24. The third-order valence-corrected chi connectivity index (χ3v) is 4.35. The van der Waals surface area contributed by atoms with Crippen LogP contribution in [0.5, 0.6) is 0 Å². The predicted molar refractivity (Wildman–Crippen MR) is 66.9 cm³/mol. The van der Waals surface area contributed by atoms with Crippen LogP contribution >= 0.6 is 0 Å². The van der Waals surface area contributed by atoms with Gasteiger partial charge in [0, 0.05) is 0 Å². The molecule has 0 N–H and O–H groups in total. The number of allylic oxidation sites excluding steroid dienone is 4. The van der Waals surface area contributed by atoms with E-state index in [2.05, 4.69) is 27.7 Å². The lowest BCUT2D eigenvalue weighted by molar-refractivity contribution is 0.348. The second-order valence-corrected chi connectivity index (χ2v) is 6.10. The van der Waals surface area contributed by atoms with E-state index in [0.29, 0.717) is 5.41 Å². The normalized spacial score (nSPS) is 25.2. The third kappa shape index (κ3) is 2.04. The highest BCUT2D eigenvalue weighted by Gasteiger charge is 2.32. The smallest absolute Gasteiger partial charge is 0.00978 e. The first-order valence-corrected chi connectivity index (χ1v) is 6.37. The van der Waals surface area contributed by atoms with E-state index in [9.17, 15) is 0 Å². The first-order chi connectivity index (χ1) is 7.00. The highest BCUT2D eigenvalue weighted by molar-refractivity contribution is 5.34. The van der Waals surface area contributed by atoms with Gasteiger partial charge in [0.05, 0.1) is 0 Å². The summed E-state index contributed by atoms with van der Waals surface area (Å²) < 4.78 is 0. The SMILES string of the molecule is CC(C)=C1CCC2=C(C1)C(C)(C)CCC2. The maximum Gasteiger partial charge on any atom is -0.00978 e. The summed E-state index contributed by atoms with van der Waals surface area (Å²) in [5.41, 5.74) is 7.34. The molecule has 0 spiro atoms. The van der Waals surface area contributed by atoms with Gasteiger partial charge in [0.2, 0.25) is 0 Å². The molecule has 0 heterocycles. The summed E-state index contributed by atoms with van der Waals surface area (Å²) >= 11 is 0. The lowest BCUT2D eigenvalue weighted by Crippen LogP contribution is -2.23. The van der Waals surface area contributed by atoms with Crippen molar-refractivity contribution in [2.24, 2.45) is 5.41 Å². The first kappa shape index (κ1) is 11.0. The summed E-state index contributed by atoms with van der Waals surface area (Å²) in [6.07, 6.45) is 8.15. The highest BCUT2D eigenvalue weighted by Crippen LogP contribution is 2.47. The fourth-order valence-corrected chi connectivity index (χ4v) is 3.19. The van der Waals surface area contributed by atoms with Gasteiger partial charge >= 0.3 is 0 Å². The Morgan fingerprint density at radius 1 is 1.07 bits per heavy atom. The predicted octanol–water partition coefficient (Wildman–Crippen LogP) is 5.01. The van der Waals surface area contributed by atoms with E-state index in [-0.39, 0.29) is 0 Å². The lowest BCUT2D eigenvalue weighted by Gasteiger charge is -2.39. The summed E-state index contributed by atoms with van der Waals surface area (Å²) in [7, 11) is 0. The minimum Gasteiger partial charge on any atom is -0.0769 e. The van der Waals surface area contributed by atoms with Crippen LogP contribution in [0.3, 0.4) is 0 Å². The van der Waals surface area contributed by atoms with E-state index in [0.717, 1.165) is 0 Å². The van der Waals surface area contributed by atoms with Gasteiger partial charge in [-0.05, 0) is 57.8 Å². The van der Waals surface area contributed by atoms with E-state index in [1.54, 1.807) is 22.3 Å². The van der Waals surface area contributed by atoms with Crippen molar-refractivity contribution < 1.29 is 0 Å². The van der Waals surface area contributed by atoms with E-state index in [4.69, 9.17) is 0 Å². The zero-order valence-corrected chi connectivity index (χ0v) is 10.7. The number of hydrogen-bond donors (Lipinski definition) is 0. The molecule has 0 fully saturated rings. The van der Waals surface area contributed by atoms with Crippen molar-refractivity contribution >= 4 is 0 Å². The Bertz CT molecular complexity index is 322. The Morgan fingerprint density at radius 2 is 1.80 bits per heavy atom. The van der Waals surface area contributed by atoms with Crippen molar-refractivity contribution in [2.75, 3.05) is 0 Å². The van der Waals surface area contributed by atoms with Gasteiger partial charge in [-0.15, -0.1) is 0 Å². The van der Waals surface area contributed by atoms with Gasteiger partial charge in [0.25, 0.3) is 0 Å². The summed E-state index contributed by atoms with van der Waals surface area (Å²) in [6, 6.07) is 0. The number of hydrogen-bond acceptors (Lipinski definition) is 0. The molecule has 2 rings (SSSR count). The maximum atomic E-state index is 2.44. The van der Waals surface area contributed by atoms with Crippen LogP contribution in [0.2, 0.25) is 0 Å². The lowest BCUT2D eigenvalue weighted by atomic mass is 9.66. The van der Waals surface area contributed by atoms with Crippen LogP contribution in [0, 0.1) is 5.41 Å². The standard InChI is InChI=1S/C15H24/c1-11(2)13-8-7-12-6-5-9-15(3,4)14(12)10-13/h5-10H2,1-4H3. The molecule has 84 valence electrons. The molecule has 0 saturated heterocycles. The largest absolute Gasteiger partial charge is 0.0769 e. The third-order valence-electron chi connectivity index (χ3n) is 4.35. The molecule has 15 heavy (non-hydrogen) atoms. The second-order valence-electron chi connectivity index (χ2n) is 6.10. The molecule has 0 aromatic rings. The van der Waals surface area contributed by atoms with E-state index < -0.39 is 0 Å². The Hall–Kier alpha value is -0.520. The van der Waals surface area contributed by atoms with Crippen molar-refractivity contribution in [3.63, 3.8) is 0 Å². The van der Waals surface area contributed by atoms with Crippen molar-refractivity contribution in [1.29, 1.82) is 0 Å². The van der Waals surface area contributed by atoms with E-state index in [1.807, 2.05) is 0 Å². The molecule has 0 atom stereocenters. The Labute approximate surface area is 94.5 Å². The quantitative estimate of drug-likeness (QED) is 0.486. The zero-order chi connectivity index (χ0) is 11.1. The van der Waals surface area contributed by atoms with Crippen LogP contribution in [0.4, 0.5) is 0 Å². The minimum atomic E-state index is 0.481. The first-order valence-electron chi connectivity index (χ1n) is 6.37. The van der Waals surface area contributed by atoms with Gasteiger partial charge in [-0.3, -0.25) is 0 Å². The van der Waals surface area contributed by atoms with Gasteiger partial charge in [-0.1, -0.05) is 36.1 Å². The van der Waals surface area contributed by atoms with Gasteiger partial charge in [-0.2, -0.15) is 0 Å². The fraction of sp³-hybridized carbons (Fsp3) is 0.733. The average molecular weight is 204 g/mol. The Balaban J connectivity index is 2.33. The van der Waals surface area contributed by atoms with Gasteiger partial charge in [-0.25, -0.2) is 0 Å². The Kier molecular flexibility index (Phi) is 2.79. The second kappa shape index (κ2) is 3.81. The van der Waals surface area contributed by atoms with Crippen molar-refractivity contribution in [1.82, 2.24) is 0 Å². The molecule has 0 aliphatic heterocycles. The molecule has 0 aromatic carbocycles. The van der Waals surface area contributed by atoms with Crippen LogP contribution in [-0.2, 0) is 0 Å². The summed E-state index contributed by atoms with van der Waals surface area (Å²) in [5.74, 6) is 0. The minimum absolute atomic E-state index is 0.481. The molecule has 0 saturated carbocycles. The summed E-state index contributed by atoms with van der Waals surface area (Å²) in [5, 5.41) is 0. The van der Waals surface area contributed by atoms with Crippen molar-refractivity contribution in [3.8, 4) is 0 Å². The molecule has 0 nitrogen and oxygen atoms in total. The molecule has 0 heteroatoms.